The Balaban J connectivity index is 2.01. The van der Waals surface area contributed by atoms with Crippen LogP contribution in [0.25, 0.3) is 0 Å². The first-order valence-electron chi connectivity index (χ1n) is 8.67. The van der Waals surface area contributed by atoms with E-state index in [9.17, 15) is 9.59 Å². The van der Waals surface area contributed by atoms with Gasteiger partial charge in [-0.05, 0) is 17.5 Å². The zero-order valence-electron chi connectivity index (χ0n) is 14.8. The summed E-state index contributed by atoms with van der Waals surface area (Å²) in [5.74, 6) is -2.40. The Morgan fingerprint density at radius 3 is 1.65 bits per heavy atom. The van der Waals surface area contributed by atoms with Gasteiger partial charge in [-0.3, -0.25) is 0 Å². The maximum Gasteiger partial charge on any atom is 0.356 e. The second-order valence-corrected chi connectivity index (χ2v) is 6.03. The van der Waals surface area contributed by atoms with Crippen molar-refractivity contribution < 1.29 is 23.5 Å². The second-order valence-electron chi connectivity index (χ2n) is 6.03. The van der Waals surface area contributed by atoms with Crippen LogP contribution >= 0.6 is 0 Å². The minimum Gasteiger partial charge on any atom is -0.458 e. The molecule has 4 nitrogen and oxygen atoms in total. The van der Waals surface area contributed by atoms with Crippen molar-refractivity contribution in [1.82, 2.24) is 0 Å². The molecule has 0 amide bonds. The molecule has 0 saturated heterocycles. The van der Waals surface area contributed by atoms with Gasteiger partial charge >= 0.3 is 17.6 Å². The van der Waals surface area contributed by atoms with Crippen LogP contribution in [0.1, 0.15) is 37.3 Å². The normalized spacial score (nSPS) is 11.0. The highest BCUT2D eigenvalue weighted by Gasteiger charge is 2.49. The summed E-state index contributed by atoms with van der Waals surface area (Å²) in [7, 11) is 0. The summed E-state index contributed by atoms with van der Waals surface area (Å²) in [6.45, 7) is 1.66. The van der Waals surface area contributed by atoms with Crippen molar-refractivity contribution in [2.45, 2.75) is 45.1 Å². The van der Waals surface area contributed by atoms with E-state index in [0.717, 1.165) is 11.1 Å². The van der Waals surface area contributed by atoms with Crippen LogP contribution in [-0.2, 0) is 32.3 Å². The first kappa shape index (κ1) is 19.6. The van der Waals surface area contributed by atoms with E-state index in [1.165, 1.54) is 0 Å². The highest BCUT2D eigenvalue weighted by Crippen LogP contribution is 2.25. The van der Waals surface area contributed by atoms with E-state index in [-0.39, 0.29) is 19.6 Å². The number of benzene rings is 2. The molecule has 0 saturated carbocycles. The molecule has 0 unspecified atom stereocenters. The van der Waals surface area contributed by atoms with Crippen molar-refractivity contribution in [2.24, 2.45) is 0 Å². The molecule has 0 aliphatic rings. The third kappa shape index (κ3) is 5.41. The van der Waals surface area contributed by atoms with Gasteiger partial charge in [0.15, 0.2) is 0 Å². The monoisotopic (exact) mass is 358 g/mol. The standard InChI is InChI=1S/C21H23FO4/c1-2-3-14-21(22,19(23)25-15-17-10-6-4-7-11-17)20(24)26-16-18-12-8-5-9-13-18/h4-13H,2-3,14-16H2,1H3. The summed E-state index contributed by atoms with van der Waals surface area (Å²) >= 11 is 0. The number of unbranched alkanes of at least 4 members (excludes halogenated alkanes) is 1. The van der Waals surface area contributed by atoms with E-state index in [4.69, 9.17) is 9.47 Å². The Hall–Kier alpha value is -2.69. The predicted molar refractivity (Wildman–Crippen MR) is 95.8 cm³/mol. The lowest BCUT2D eigenvalue weighted by molar-refractivity contribution is -0.177. The van der Waals surface area contributed by atoms with Gasteiger partial charge in [0.1, 0.15) is 13.2 Å². The van der Waals surface area contributed by atoms with Crippen LogP contribution in [0.5, 0.6) is 0 Å². The number of esters is 2. The third-order valence-corrected chi connectivity index (χ3v) is 3.95. The number of hydrogen-bond acceptors (Lipinski definition) is 4. The minimum absolute atomic E-state index is 0.0938. The molecule has 0 N–H and O–H groups in total. The molecule has 0 bridgehead atoms. The summed E-state index contributed by atoms with van der Waals surface area (Å²) in [6, 6.07) is 17.8. The number of alkyl halides is 1. The first-order valence-corrected chi connectivity index (χ1v) is 8.67. The molecular weight excluding hydrogens is 335 g/mol. The van der Waals surface area contributed by atoms with Gasteiger partial charge in [0.25, 0.3) is 0 Å². The van der Waals surface area contributed by atoms with Gasteiger partial charge in [-0.1, -0.05) is 74.0 Å². The molecule has 0 atom stereocenters. The summed E-state index contributed by atoms with van der Waals surface area (Å²) in [5.41, 5.74) is -1.35. The number of ether oxygens (including phenoxy) is 2. The lowest BCUT2D eigenvalue weighted by Gasteiger charge is -2.21. The van der Waals surface area contributed by atoms with Crippen LogP contribution in [0.2, 0.25) is 0 Å². The second kappa shape index (κ2) is 9.70. The molecule has 0 radical (unpaired) electrons. The molecule has 5 heteroatoms. The van der Waals surface area contributed by atoms with Gasteiger partial charge in [0.2, 0.25) is 0 Å². The smallest absolute Gasteiger partial charge is 0.356 e. The topological polar surface area (TPSA) is 52.6 Å². The Bertz CT molecular complexity index is 645. The van der Waals surface area contributed by atoms with Crippen LogP contribution in [0, 0.1) is 0 Å². The zero-order chi connectivity index (χ0) is 18.8. The van der Waals surface area contributed by atoms with Crippen LogP contribution in [-0.4, -0.2) is 17.6 Å². The largest absolute Gasteiger partial charge is 0.458 e. The third-order valence-electron chi connectivity index (χ3n) is 3.95. The van der Waals surface area contributed by atoms with E-state index in [1.807, 2.05) is 19.1 Å². The summed E-state index contributed by atoms with van der Waals surface area (Å²) in [6.07, 6.45) is 0.756. The van der Waals surface area contributed by atoms with Crippen molar-refractivity contribution in [3.8, 4) is 0 Å². The highest BCUT2D eigenvalue weighted by molar-refractivity contribution is 6.03. The zero-order valence-corrected chi connectivity index (χ0v) is 14.8. The number of halogens is 1. The lowest BCUT2D eigenvalue weighted by atomic mass is 9.99. The number of carbonyl (C=O) groups excluding carboxylic acids is 2. The molecule has 26 heavy (non-hydrogen) atoms. The maximum atomic E-state index is 15.2. The Labute approximate surface area is 152 Å². The average molecular weight is 358 g/mol. The van der Waals surface area contributed by atoms with Gasteiger partial charge in [0, 0.05) is 6.42 Å². The van der Waals surface area contributed by atoms with Crippen LogP contribution in [0.4, 0.5) is 4.39 Å². The summed E-state index contributed by atoms with van der Waals surface area (Å²) in [5, 5.41) is 0. The Kier molecular flexibility index (Phi) is 7.33. The Morgan fingerprint density at radius 2 is 1.27 bits per heavy atom. The number of carbonyl (C=O) groups is 2. The van der Waals surface area contributed by atoms with E-state index in [0.29, 0.717) is 12.8 Å². The van der Waals surface area contributed by atoms with E-state index in [2.05, 4.69) is 0 Å². The minimum atomic E-state index is -2.79. The first-order chi connectivity index (χ1) is 12.6. The molecule has 0 spiro atoms. The van der Waals surface area contributed by atoms with Gasteiger partial charge in [-0.25, -0.2) is 14.0 Å². The van der Waals surface area contributed by atoms with E-state index < -0.39 is 17.6 Å². The summed E-state index contributed by atoms with van der Waals surface area (Å²) < 4.78 is 25.3. The van der Waals surface area contributed by atoms with Crippen molar-refractivity contribution in [2.75, 3.05) is 0 Å². The van der Waals surface area contributed by atoms with Crippen LogP contribution < -0.4 is 0 Å². The predicted octanol–water partition coefficient (Wildman–Crippen LogP) is 4.37. The molecule has 2 rings (SSSR count). The molecule has 0 heterocycles. The van der Waals surface area contributed by atoms with Gasteiger partial charge in [-0.2, -0.15) is 0 Å². The van der Waals surface area contributed by atoms with Gasteiger partial charge < -0.3 is 9.47 Å². The fraction of sp³-hybridized carbons (Fsp3) is 0.333. The van der Waals surface area contributed by atoms with Crippen molar-refractivity contribution in [1.29, 1.82) is 0 Å². The fourth-order valence-electron chi connectivity index (χ4n) is 2.38. The van der Waals surface area contributed by atoms with Crippen molar-refractivity contribution in [3.63, 3.8) is 0 Å². The van der Waals surface area contributed by atoms with E-state index >= 15 is 4.39 Å². The van der Waals surface area contributed by atoms with E-state index in [1.54, 1.807) is 48.5 Å². The lowest BCUT2D eigenvalue weighted by Crippen LogP contribution is -2.44. The molecule has 0 aromatic heterocycles. The van der Waals surface area contributed by atoms with Gasteiger partial charge in [-0.15, -0.1) is 0 Å². The number of rotatable bonds is 9. The average Bonchev–Trinajstić information content (AvgIpc) is 2.69. The number of hydrogen-bond donors (Lipinski definition) is 0. The SMILES string of the molecule is CCCCC(F)(C(=O)OCc1ccccc1)C(=O)OCc1ccccc1. The van der Waals surface area contributed by atoms with Crippen LogP contribution in [0.15, 0.2) is 60.7 Å². The highest BCUT2D eigenvalue weighted by atomic mass is 19.1. The quantitative estimate of drug-likeness (QED) is 0.493. The molecule has 0 aliphatic carbocycles. The molecular formula is C21H23FO4. The molecule has 2 aromatic rings. The fourth-order valence-corrected chi connectivity index (χ4v) is 2.38. The molecule has 2 aromatic carbocycles. The summed E-state index contributed by atoms with van der Waals surface area (Å²) in [4.78, 5) is 24.6. The van der Waals surface area contributed by atoms with Gasteiger partial charge in [0.05, 0.1) is 0 Å². The molecule has 138 valence electrons. The van der Waals surface area contributed by atoms with Crippen LogP contribution in [0.3, 0.4) is 0 Å². The van der Waals surface area contributed by atoms with Crippen molar-refractivity contribution in [3.05, 3.63) is 71.8 Å². The molecule has 0 aliphatic heterocycles. The Morgan fingerprint density at radius 1 is 0.846 bits per heavy atom. The molecule has 0 fully saturated rings. The van der Waals surface area contributed by atoms with Crippen molar-refractivity contribution >= 4 is 11.9 Å². The maximum absolute atomic E-state index is 15.2.